The molecule has 36 nitrogen and oxygen atoms in total. The number of fused-ring (bicyclic) bond motifs is 2. The summed E-state index contributed by atoms with van der Waals surface area (Å²) in [6.07, 6.45) is 2.60. The van der Waals surface area contributed by atoms with Gasteiger partial charge in [0.05, 0.1) is 44.2 Å². The molecule has 9 amide bonds. The fourth-order valence-corrected chi connectivity index (χ4v) is 13.0. The zero-order chi connectivity index (χ0) is 79.4. The van der Waals surface area contributed by atoms with Gasteiger partial charge in [-0.3, -0.25) is 82.5 Å². The maximum Gasteiger partial charge on any atom is 0.326 e. The molecule has 4 aromatic rings. The zero-order valence-electron chi connectivity index (χ0n) is 60.8. The van der Waals surface area contributed by atoms with E-state index in [0.29, 0.717) is 44.9 Å². The molecular formula is C73H100N14O22. The molecule has 36 heteroatoms. The van der Waals surface area contributed by atoms with Gasteiger partial charge in [0.25, 0.3) is 5.69 Å². The molecule has 1 aliphatic heterocycles. The number of nitrogens with zero attached hydrogens (tertiary/aromatic N) is 5. The van der Waals surface area contributed by atoms with E-state index in [2.05, 4.69) is 47.9 Å². The molecule has 0 spiro atoms. The van der Waals surface area contributed by atoms with E-state index in [1.54, 1.807) is 31.7 Å². The number of benzene rings is 4. The number of carboxylic acids is 6. The van der Waals surface area contributed by atoms with Gasteiger partial charge in [0.15, 0.2) is 0 Å². The smallest absolute Gasteiger partial charge is 0.326 e. The lowest BCUT2D eigenvalue weighted by Gasteiger charge is -2.32. The number of nitro groups is 1. The summed E-state index contributed by atoms with van der Waals surface area (Å²) in [5.41, 5.74) is 1.50. The maximum absolute atomic E-state index is 14.3. The first-order valence-electron chi connectivity index (χ1n) is 36.5. The van der Waals surface area contributed by atoms with Crippen molar-refractivity contribution in [3.63, 3.8) is 0 Å². The molecule has 0 bridgehead atoms. The monoisotopic (exact) mass is 1520 g/mol. The van der Waals surface area contributed by atoms with Gasteiger partial charge in [0.1, 0.15) is 24.2 Å². The van der Waals surface area contributed by atoms with Crippen LogP contribution in [0.1, 0.15) is 101 Å². The number of carboxylic acid groups (broad SMARTS) is 6. The van der Waals surface area contributed by atoms with Crippen LogP contribution in [0.5, 0.6) is 0 Å². The van der Waals surface area contributed by atoms with Crippen LogP contribution in [0.2, 0.25) is 0 Å². The second kappa shape index (κ2) is 45.6. The van der Waals surface area contributed by atoms with Crippen molar-refractivity contribution in [3.05, 3.63) is 100 Å². The number of nitrogens with one attached hydrogen (secondary N) is 9. The van der Waals surface area contributed by atoms with Crippen LogP contribution in [-0.2, 0) is 75.2 Å². The van der Waals surface area contributed by atoms with Crippen LogP contribution >= 0.6 is 0 Å². The zero-order valence-corrected chi connectivity index (χ0v) is 60.8. The van der Waals surface area contributed by atoms with Crippen molar-refractivity contribution in [1.82, 2.24) is 67.5 Å². The Morgan fingerprint density at radius 3 is 1.45 bits per heavy atom. The first-order chi connectivity index (χ1) is 52.1. The molecule has 15 N–H and O–H groups in total. The summed E-state index contributed by atoms with van der Waals surface area (Å²) < 4.78 is 0. The van der Waals surface area contributed by atoms with Gasteiger partial charge < -0.3 is 78.5 Å². The fourth-order valence-electron chi connectivity index (χ4n) is 13.0. The van der Waals surface area contributed by atoms with Gasteiger partial charge >= 0.3 is 41.8 Å². The highest BCUT2D eigenvalue weighted by Gasteiger charge is 2.32. The number of amides is 9. The summed E-state index contributed by atoms with van der Waals surface area (Å²) in [5, 5.41) is 95.2. The van der Waals surface area contributed by atoms with E-state index in [1.807, 2.05) is 54.6 Å². The minimum atomic E-state index is -1.59. The standard InChI is InChI=1S/C73H100N14O22/c88-60(17-9-10-47-20-24-52(25-21-47)87(108)109)77-42-62(90)79-56(15-5-7-28-74-63(91)43-83-30-32-84(44-65(94)95)34-36-86(46-67(98)99)37-35-85(33-31-83)45-66(96)97)69(101)78-41-61(89)76-40-48-18-22-49(23-19-48)68(100)80-59(39-55-53-13-3-1-11-50(53)38-51-12-2-4-14-54(51)55)70(102)75-29-8-6-16-57(71(103)104)81-73(107)82-58(72(105)106)26-27-64(92)93/h1-4,11-14,20-21,24-25,38,48-49,56-59H,5-10,15-19,22-23,26-37,39-46H2,(H,74,91)(H,75,102)(H,76,89)(H,77,88)(H,78,101)(H,79,90)(H,80,100)(H,92,93)(H,94,95)(H,96,97)(H,98,99)(H,103,104)(H,105,106)(H2,81,82,107)/t48?,49?,56-,57-,58-,59-/m0/s1. The van der Waals surface area contributed by atoms with Crippen molar-refractivity contribution >= 4 is 110 Å². The van der Waals surface area contributed by atoms with Crippen LogP contribution in [0.4, 0.5) is 10.5 Å². The number of urea groups is 1. The van der Waals surface area contributed by atoms with Crippen molar-refractivity contribution in [2.24, 2.45) is 11.8 Å². The number of hydrogen-bond donors (Lipinski definition) is 15. The lowest BCUT2D eigenvalue weighted by atomic mass is 9.81. The summed E-state index contributed by atoms with van der Waals surface area (Å²) in [6, 6.07) is 16.8. The summed E-state index contributed by atoms with van der Waals surface area (Å²) in [6.45, 7) is -0.189. The lowest BCUT2D eigenvalue weighted by Crippen LogP contribution is -2.51. The third-order valence-electron chi connectivity index (χ3n) is 19.0. The highest BCUT2D eigenvalue weighted by atomic mass is 16.6. The Hall–Kier alpha value is -11.0. The van der Waals surface area contributed by atoms with Crippen LogP contribution < -0.4 is 47.9 Å². The lowest BCUT2D eigenvalue weighted by molar-refractivity contribution is -0.384. The molecule has 594 valence electrons. The van der Waals surface area contributed by atoms with Crippen LogP contribution in [0.25, 0.3) is 21.5 Å². The van der Waals surface area contributed by atoms with Gasteiger partial charge in [-0.2, -0.15) is 0 Å². The molecule has 4 atom stereocenters. The number of unbranched alkanes of at least 4 members (excludes halogenated alkanes) is 2. The Labute approximate surface area is 628 Å². The Kier molecular flexibility index (Phi) is 36.4. The topological polar surface area (TPSA) is 525 Å². The molecule has 0 unspecified atom stereocenters. The molecule has 2 aliphatic rings. The molecule has 4 aromatic carbocycles. The number of carbonyl (C=O) groups excluding carboxylic acids is 8. The predicted molar refractivity (Wildman–Crippen MR) is 393 cm³/mol. The number of carbonyl (C=O) groups is 14. The molecular weight excluding hydrogens is 1420 g/mol. The number of rotatable bonds is 43. The van der Waals surface area contributed by atoms with Gasteiger partial charge in [0, 0.05) is 109 Å². The SMILES string of the molecule is O=C(O)CC[C@H](NC(=O)N[C@@H](CCCCNC(=O)[C@H](Cc1c2ccccc2cc2ccccc12)NC(=O)C1CCC(CNC(=O)CNC(=O)[C@H](CCCCNC(=O)CN2CCN(CC(=O)O)CCN(CC(=O)O)CCN(CC(=O)O)CC2)NC(=O)CNC(=O)CCCc2ccc([N+](=O)[O-])cc2)CC1)C(=O)O)C(=O)O. The maximum atomic E-state index is 14.3. The second-order valence-corrected chi connectivity index (χ2v) is 27.2. The molecule has 109 heavy (non-hydrogen) atoms. The van der Waals surface area contributed by atoms with E-state index < -0.39 is 138 Å². The third kappa shape index (κ3) is 32.2. The summed E-state index contributed by atoms with van der Waals surface area (Å²) in [7, 11) is 0. The molecule has 1 saturated carbocycles. The van der Waals surface area contributed by atoms with Crippen molar-refractivity contribution in [2.75, 3.05) is 111 Å². The first kappa shape index (κ1) is 86.9. The van der Waals surface area contributed by atoms with E-state index in [0.717, 1.165) is 32.7 Å². The van der Waals surface area contributed by atoms with Gasteiger partial charge in [-0.1, -0.05) is 60.7 Å². The molecule has 0 aromatic heterocycles. The normalized spacial score (nSPS) is 16.6. The van der Waals surface area contributed by atoms with Crippen molar-refractivity contribution in [1.29, 1.82) is 0 Å². The Morgan fingerprint density at radius 1 is 0.450 bits per heavy atom. The molecule has 1 heterocycles. The number of hydrogen-bond acceptors (Lipinski definition) is 20. The number of non-ortho nitro benzene ring substituents is 1. The van der Waals surface area contributed by atoms with Crippen LogP contribution in [0, 0.1) is 22.0 Å². The second-order valence-electron chi connectivity index (χ2n) is 27.2. The molecule has 2 fully saturated rings. The predicted octanol–water partition coefficient (Wildman–Crippen LogP) is 0.710. The Morgan fingerprint density at radius 2 is 0.936 bits per heavy atom. The Bertz CT molecular complexity index is 3730. The van der Waals surface area contributed by atoms with Crippen molar-refractivity contribution in [3.8, 4) is 0 Å². The van der Waals surface area contributed by atoms with Gasteiger partial charge in [-0.05, 0) is 128 Å². The number of aliphatic carboxylic acids is 6. The van der Waals surface area contributed by atoms with Crippen molar-refractivity contribution < 1.29 is 103 Å². The average Bonchev–Trinajstić information content (AvgIpc) is 0.772. The minimum Gasteiger partial charge on any atom is -0.481 e. The third-order valence-corrected chi connectivity index (χ3v) is 19.0. The minimum absolute atomic E-state index is 0.0141. The quantitative estimate of drug-likeness (QED) is 0.0126. The van der Waals surface area contributed by atoms with E-state index >= 15 is 0 Å². The molecule has 6 rings (SSSR count). The highest BCUT2D eigenvalue weighted by molar-refractivity contribution is 6.03. The van der Waals surface area contributed by atoms with Gasteiger partial charge in [-0.25, -0.2) is 14.4 Å². The largest absolute Gasteiger partial charge is 0.481 e. The van der Waals surface area contributed by atoms with Crippen LogP contribution in [0.15, 0.2) is 78.9 Å². The van der Waals surface area contributed by atoms with E-state index in [-0.39, 0.29) is 161 Å². The summed E-state index contributed by atoms with van der Waals surface area (Å²) >= 11 is 0. The van der Waals surface area contributed by atoms with E-state index in [4.69, 9.17) is 5.11 Å². The van der Waals surface area contributed by atoms with E-state index in [9.17, 15) is 103 Å². The number of nitro benzene ring substituents is 1. The van der Waals surface area contributed by atoms with Crippen LogP contribution in [-0.4, -0.2) is 274 Å². The van der Waals surface area contributed by atoms with E-state index in [1.165, 1.54) is 12.1 Å². The van der Waals surface area contributed by atoms with Crippen LogP contribution in [0.3, 0.4) is 0 Å². The van der Waals surface area contributed by atoms with Gasteiger partial charge in [0.2, 0.25) is 41.4 Å². The molecule has 1 aliphatic carbocycles. The summed E-state index contributed by atoms with van der Waals surface area (Å²) in [4.78, 5) is 195. The van der Waals surface area contributed by atoms with Crippen molar-refractivity contribution in [2.45, 2.75) is 127 Å². The molecule has 0 radical (unpaired) electrons. The molecule has 1 saturated heterocycles. The average molecular weight is 1530 g/mol. The van der Waals surface area contributed by atoms with Gasteiger partial charge in [-0.15, -0.1) is 0 Å². The fraction of sp³-hybridized carbons (Fsp3) is 0.534. The Balaban J connectivity index is 1.02. The highest BCUT2D eigenvalue weighted by Crippen LogP contribution is 2.32. The number of aryl methyl sites for hydroxylation is 1. The summed E-state index contributed by atoms with van der Waals surface area (Å²) in [5.74, 6) is -11.8. The first-order valence-corrected chi connectivity index (χ1v) is 36.5.